The van der Waals surface area contributed by atoms with Gasteiger partial charge in [-0.15, -0.1) is 11.8 Å². The number of benzene rings is 1. The molecule has 2 N–H and O–H groups in total. The van der Waals surface area contributed by atoms with Crippen molar-refractivity contribution in [3.05, 3.63) is 35.9 Å². The van der Waals surface area contributed by atoms with Crippen LogP contribution in [0.25, 0.3) is 0 Å². The van der Waals surface area contributed by atoms with E-state index in [0.29, 0.717) is 18.7 Å². The van der Waals surface area contributed by atoms with Crippen LogP contribution in [0.5, 0.6) is 0 Å². The first-order valence-corrected chi connectivity index (χ1v) is 7.80. The van der Waals surface area contributed by atoms with Crippen LogP contribution >= 0.6 is 11.8 Å². The van der Waals surface area contributed by atoms with Gasteiger partial charge in [0.2, 0.25) is 5.91 Å². The summed E-state index contributed by atoms with van der Waals surface area (Å²) in [4.78, 5) is 11.6. The highest BCUT2D eigenvalue weighted by Gasteiger charge is 2.19. The van der Waals surface area contributed by atoms with E-state index < -0.39 is 5.60 Å². The van der Waals surface area contributed by atoms with Crippen molar-refractivity contribution in [1.29, 1.82) is 0 Å². The highest BCUT2D eigenvalue weighted by Crippen LogP contribution is 2.12. The molecule has 1 atom stereocenters. The van der Waals surface area contributed by atoms with E-state index in [1.165, 1.54) is 5.56 Å². The molecule has 3 nitrogen and oxygen atoms in total. The minimum atomic E-state index is -0.797. The van der Waals surface area contributed by atoms with Crippen molar-refractivity contribution >= 4 is 17.7 Å². The maximum atomic E-state index is 11.6. The van der Waals surface area contributed by atoms with Crippen LogP contribution in [-0.4, -0.2) is 28.9 Å². The Morgan fingerprint density at radius 2 is 2.05 bits per heavy atom. The largest absolute Gasteiger partial charge is 0.388 e. The molecule has 0 saturated heterocycles. The van der Waals surface area contributed by atoms with Crippen LogP contribution in [0.15, 0.2) is 30.3 Å². The predicted molar refractivity (Wildman–Crippen MR) is 81.1 cm³/mol. The Labute approximate surface area is 119 Å². The number of rotatable bonds is 8. The molecule has 1 unspecified atom stereocenters. The molecule has 0 aliphatic heterocycles. The average molecular weight is 281 g/mol. The number of hydrogen-bond donors (Lipinski definition) is 2. The molecule has 0 heterocycles. The van der Waals surface area contributed by atoms with Crippen LogP contribution in [0.2, 0.25) is 0 Å². The third-order valence-electron chi connectivity index (χ3n) is 2.80. The van der Waals surface area contributed by atoms with Crippen molar-refractivity contribution in [2.75, 3.05) is 12.3 Å². The summed E-state index contributed by atoms with van der Waals surface area (Å²) >= 11 is 1.58. The second-order valence-electron chi connectivity index (χ2n) is 5.00. The second-order valence-corrected chi connectivity index (χ2v) is 5.99. The molecule has 0 aromatic heterocycles. The third-order valence-corrected chi connectivity index (χ3v) is 3.80. The van der Waals surface area contributed by atoms with Gasteiger partial charge in [0.25, 0.3) is 0 Å². The molecule has 0 fully saturated rings. The highest BCUT2D eigenvalue weighted by molar-refractivity contribution is 7.99. The van der Waals surface area contributed by atoms with Crippen molar-refractivity contribution in [1.82, 2.24) is 5.32 Å². The van der Waals surface area contributed by atoms with E-state index in [-0.39, 0.29) is 5.91 Å². The SMILES string of the molecule is CCCC(C)(O)CNC(=O)CSCc1ccccc1. The molecular weight excluding hydrogens is 258 g/mol. The number of hydrogen-bond acceptors (Lipinski definition) is 3. The molecule has 0 bridgehead atoms. The summed E-state index contributed by atoms with van der Waals surface area (Å²) in [6.45, 7) is 4.10. The summed E-state index contributed by atoms with van der Waals surface area (Å²) < 4.78 is 0. The first-order chi connectivity index (χ1) is 9.03. The second kappa shape index (κ2) is 8.23. The van der Waals surface area contributed by atoms with Gasteiger partial charge in [-0.1, -0.05) is 43.7 Å². The zero-order valence-electron chi connectivity index (χ0n) is 11.7. The number of carbonyl (C=O) groups excluding carboxylic acids is 1. The topological polar surface area (TPSA) is 49.3 Å². The van der Waals surface area contributed by atoms with Gasteiger partial charge < -0.3 is 10.4 Å². The Morgan fingerprint density at radius 3 is 2.68 bits per heavy atom. The quantitative estimate of drug-likeness (QED) is 0.770. The Hall–Kier alpha value is -1.00. The lowest BCUT2D eigenvalue weighted by Crippen LogP contribution is -2.41. The van der Waals surface area contributed by atoms with Crippen LogP contribution in [-0.2, 0) is 10.5 Å². The number of carbonyl (C=O) groups is 1. The van der Waals surface area contributed by atoms with E-state index in [0.717, 1.165) is 12.2 Å². The van der Waals surface area contributed by atoms with E-state index >= 15 is 0 Å². The molecule has 19 heavy (non-hydrogen) atoms. The van der Waals surface area contributed by atoms with E-state index in [2.05, 4.69) is 17.4 Å². The normalized spacial score (nSPS) is 13.8. The first kappa shape index (κ1) is 16.1. The van der Waals surface area contributed by atoms with E-state index in [1.807, 2.05) is 25.1 Å². The van der Waals surface area contributed by atoms with Gasteiger partial charge in [0, 0.05) is 12.3 Å². The fraction of sp³-hybridized carbons (Fsp3) is 0.533. The molecule has 4 heteroatoms. The van der Waals surface area contributed by atoms with E-state index in [9.17, 15) is 9.90 Å². The van der Waals surface area contributed by atoms with Gasteiger partial charge >= 0.3 is 0 Å². The smallest absolute Gasteiger partial charge is 0.230 e. The Bertz CT molecular complexity index is 379. The highest BCUT2D eigenvalue weighted by atomic mass is 32.2. The van der Waals surface area contributed by atoms with Gasteiger partial charge in [0.05, 0.1) is 11.4 Å². The van der Waals surface area contributed by atoms with Crippen LogP contribution in [0.4, 0.5) is 0 Å². The van der Waals surface area contributed by atoms with Crippen molar-refractivity contribution in [3.63, 3.8) is 0 Å². The van der Waals surface area contributed by atoms with Crippen LogP contribution < -0.4 is 5.32 Å². The Morgan fingerprint density at radius 1 is 1.37 bits per heavy atom. The van der Waals surface area contributed by atoms with Crippen LogP contribution in [0.3, 0.4) is 0 Å². The molecule has 0 radical (unpaired) electrons. The van der Waals surface area contributed by atoms with E-state index in [1.54, 1.807) is 18.7 Å². The van der Waals surface area contributed by atoms with Crippen LogP contribution in [0.1, 0.15) is 32.3 Å². The summed E-state index contributed by atoms with van der Waals surface area (Å²) in [5.74, 6) is 1.24. The van der Waals surface area contributed by atoms with Crippen molar-refractivity contribution in [2.45, 2.75) is 38.0 Å². The molecule has 0 spiro atoms. The zero-order valence-corrected chi connectivity index (χ0v) is 12.5. The molecular formula is C15H23NO2S. The number of amides is 1. The fourth-order valence-corrected chi connectivity index (χ4v) is 2.62. The number of aliphatic hydroxyl groups is 1. The Balaban J connectivity index is 2.18. The van der Waals surface area contributed by atoms with Gasteiger partial charge in [0.1, 0.15) is 0 Å². The molecule has 1 aromatic rings. The van der Waals surface area contributed by atoms with Gasteiger partial charge in [0.15, 0.2) is 0 Å². The standard InChI is InChI=1S/C15H23NO2S/c1-3-9-15(2,18)12-16-14(17)11-19-10-13-7-5-4-6-8-13/h4-8,18H,3,9-12H2,1-2H3,(H,16,17). The zero-order chi connectivity index (χ0) is 14.1. The molecule has 0 aliphatic rings. The maximum Gasteiger partial charge on any atom is 0.230 e. The van der Waals surface area contributed by atoms with Crippen molar-refractivity contribution in [2.24, 2.45) is 0 Å². The van der Waals surface area contributed by atoms with Gasteiger partial charge in [-0.05, 0) is 18.9 Å². The molecule has 0 saturated carbocycles. The Kier molecular flexibility index (Phi) is 6.95. The average Bonchev–Trinajstić information content (AvgIpc) is 2.38. The lowest BCUT2D eigenvalue weighted by Gasteiger charge is -2.22. The maximum absolute atomic E-state index is 11.6. The summed E-state index contributed by atoms with van der Waals surface area (Å²) in [7, 11) is 0. The molecule has 0 aliphatic carbocycles. The summed E-state index contributed by atoms with van der Waals surface area (Å²) in [5.41, 5.74) is 0.424. The third kappa shape index (κ3) is 7.23. The molecule has 1 amide bonds. The summed E-state index contributed by atoms with van der Waals surface area (Å²) in [5, 5.41) is 12.7. The lowest BCUT2D eigenvalue weighted by atomic mass is 10.0. The molecule has 1 rings (SSSR count). The number of thioether (sulfide) groups is 1. The minimum Gasteiger partial charge on any atom is -0.388 e. The monoisotopic (exact) mass is 281 g/mol. The van der Waals surface area contributed by atoms with Gasteiger partial charge in [-0.2, -0.15) is 0 Å². The minimum absolute atomic E-state index is 0.0164. The lowest BCUT2D eigenvalue weighted by molar-refractivity contribution is -0.119. The fourth-order valence-electron chi connectivity index (χ4n) is 1.80. The van der Waals surface area contributed by atoms with Crippen LogP contribution in [0, 0.1) is 0 Å². The predicted octanol–water partition coefficient (Wildman–Crippen LogP) is 2.59. The molecule has 106 valence electrons. The summed E-state index contributed by atoms with van der Waals surface area (Å²) in [6.07, 6.45) is 1.61. The van der Waals surface area contributed by atoms with E-state index in [4.69, 9.17) is 0 Å². The van der Waals surface area contributed by atoms with Crippen molar-refractivity contribution in [3.8, 4) is 0 Å². The van der Waals surface area contributed by atoms with Gasteiger partial charge in [-0.25, -0.2) is 0 Å². The molecule has 1 aromatic carbocycles. The summed E-state index contributed by atoms with van der Waals surface area (Å²) in [6, 6.07) is 10.1. The first-order valence-electron chi connectivity index (χ1n) is 6.64. The van der Waals surface area contributed by atoms with Gasteiger partial charge in [-0.3, -0.25) is 4.79 Å². The number of nitrogens with one attached hydrogen (secondary N) is 1. The van der Waals surface area contributed by atoms with Crippen molar-refractivity contribution < 1.29 is 9.90 Å².